The molecule has 2 unspecified atom stereocenters. The van der Waals surface area contributed by atoms with Crippen molar-refractivity contribution in [3.05, 3.63) is 35.9 Å². The summed E-state index contributed by atoms with van der Waals surface area (Å²) in [4.78, 5) is 87.1. The second-order valence-electron chi connectivity index (χ2n) is 10.4. The van der Waals surface area contributed by atoms with E-state index in [-0.39, 0.29) is 25.9 Å². The van der Waals surface area contributed by atoms with Crippen molar-refractivity contribution in [3.8, 4) is 0 Å². The number of alkyl carbamates (subject to hydrolysis) is 1. The van der Waals surface area contributed by atoms with E-state index in [9.17, 15) is 38.0 Å². The van der Waals surface area contributed by atoms with Gasteiger partial charge in [0, 0.05) is 31.1 Å². The first-order valence-corrected chi connectivity index (χ1v) is 13.9. The van der Waals surface area contributed by atoms with E-state index in [2.05, 4.69) is 20.1 Å². The Labute approximate surface area is 250 Å². The lowest BCUT2D eigenvalue weighted by molar-refractivity contribution is -0.145. The summed E-state index contributed by atoms with van der Waals surface area (Å²) in [7, 11) is 2.27. The van der Waals surface area contributed by atoms with Crippen molar-refractivity contribution in [3.63, 3.8) is 0 Å². The number of ether oxygens (including phenoxy) is 3. The van der Waals surface area contributed by atoms with Crippen LogP contribution in [-0.4, -0.2) is 74.3 Å². The van der Waals surface area contributed by atoms with Gasteiger partial charge in [-0.2, -0.15) is 0 Å². The molecule has 0 fully saturated rings. The Hall–Kier alpha value is -4.16. The second-order valence-corrected chi connectivity index (χ2v) is 10.4. The largest absolute Gasteiger partial charge is 0.469 e. The number of carbonyl (C=O) groups is 7. The number of rotatable bonds is 19. The van der Waals surface area contributed by atoms with Gasteiger partial charge >= 0.3 is 18.0 Å². The van der Waals surface area contributed by atoms with Gasteiger partial charge in [-0.1, -0.05) is 44.2 Å². The van der Waals surface area contributed by atoms with Crippen LogP contribution in [0, 0.1) is 17.8 Å². The minimum atomic E-state index is -1.38. The van der Waals surface area contributed by atoms with Crippen LogP contribution in [0.4, 0.5) is 9.18 Å². The number of esters is 2. The Morgan fingerprint density at radius 1 is 0.767 bits per heavy atom. The van der Waals surface area contributed by atoms with Gasteiger partial charge in [0.1, 0.15) is 13.3 Å². The fourth-order valence-electron chi connectivity index (χ4n) is 4.12. The third-order valence-corrected chi connectivity index (χ3v) is 6.76. The highest BCUT2D eigenvalue weighted by atomic mass is 19.1. The van der Waals surface area contributed by atoms with Crippen LogP contribution in [-0.2, 0) is 49.6 Å². The van der Waals surface area contributed by atoms with E-state index in [0.29, 0.717) is 0 Å². The van der Waals surface area contributed by atoms with Gasteiger partial charge in [0.25, 0.3) is 0 Å². The molecule has 0 aromatic heterocycles. The van der Waals surface area contributed by atoms with Crippen LogP contribution in [0.15, 0.2) is 30.3 Å². The molecule has 1 aromatic carbocycles. The molecule has 0 radical (unpaired) electrons. The number of hydrogen-bond acceptors (Lipinski definition) is 10. The average Bonchev–Trinajstić information content (AvgIpc) is 2.99. The molecule has 0 spiro atoms. The maximum atomic E-state index is 13.3. The molecule has 2 amide bonds. The van der Waals surface area contributed by atoms with Crippen LogP contribution in [0.2, 0.25) is 0 Å². The molecule has 0 aliphatic rings. The number of Topliss-reactive ketones (excluding diaryl/α,β-unsaturated/α-hetero) is 3. The Morgan fingerprint density at radius 3 is 1.93 bits per heavy atom. The van der Waals surface area contributed by atoms with Gasteiger partial charge < -0.3 is 24.8 Å². The van der Waals surface area contributed by atoms with Gasteiger partial charge in [-0.25, -0.2) is 9.18 Å². The highest BCUT2D eigenvalue weighted by Gasteiger charge is 2.33. The number of ketones is 3. The van der Waals surface area contributed by atoms with Gasteiger partial charge in [0.05, 0.1) is 32.7 Å². The summed E-state index contributed by atoms with van der Waals surface area (Å²) < 4.78 is 27.4. The van der Waals surface area contributed by atoms with E-state index in [4.69, 9.17) is 4.74 Å². The normalized spacial score (nSPS) is 13.6. The third kappa shape index (κ3) is 13.6. The van der Waals surface area contributed by atoms with Crippen LogP contribution in [0.5, 0.6) is 0 Å². The summed E-state index contributed by atoms with van der Waals surface area (Å²) in [6.45, 7) is 3.30. The van der Waals surface area contributed by atoms with Crippen LogP contribution in [0.25, 0.3) is 0 Å². The van der Waals surface area contributed by atoms with Crippen LogP contribution < -0.4 is 10.6 Å². The lowest BCUT2D eigenvalue weighted by atomic mass is 9.87. The first kappa shape index (κ1) is 36.9. The molecule has 0 saturated carbocycles. The highest BCUT2D eigenvalue weighted by molar-refractivity contribution is 5.96. The van der Waals surface area contributed by atoms with Crippen molar-refractivity contribution in [1.82, 2.24) is 10.6 Å². The third-order valence-electron chi connectivity index (χ3n) is 6.76. The smallest absolute Gasteiger partial charge is 0.408 e. The molecule has 1 aromatic rings. The van der Waals surface area contributed by atoms with Crippen molar-refractivity contribution in [2.45, 2.75) is 71.6 Å². The predicted octanol–water partition coefficient (Wildman–Crippen LogP) is 2.65. The zero-order valence-corrected chi connectivity index (χ0v) is 25.2. The summed E-state index contributed by atoms with van der Waals surface area (Å²) in [6, 6.07) is 6.73. The van der Waals surface area contributed by atoms with Gasteiger partial charge in [-0.05, 0) is 24.8 Å². The van der Waals surface area contributed by atoms with E-state index >= 15 is 0 Å². The van der Waals surface area contributed by atoms with E-state index < -0.39 is 90.6 Å². The summed E-state index contributed by atoms with van der Waals surface area (Å²) in [5, 5.41) is 5.00. The number of amides is 2. The fraction of sp³-hybridized carbons (Fsp3) is 0.567. The predicted molar refractivity (Wildman–Crippen MR) is 151 cm³/mol. The number of methoxy groups -OCH3 is 2. The van der Waals surface area contributed by atoms with E-state index in [1.807, 2.05) is 6.07 Å². The Kier molecular flexibility index (Phi) is 16.4. The number of alkyl halides is 1. The molecule has 0 bridgehead atoms. The topological polar surface area (TPSA) is 171 Å². The summed E-state index contributed by atoms with van der Waals surface area (Å²) >= 11 is 0. The molecule has 13 heteroatoms. The molecular formula is C30H41FN2O10. The van der Waals surface area contributed by atoms with E-state index in [1.54, 1.807) is 38.1 Å². The lowest BCUT2D eigenvalue weighted by Crippen LogP contribution is -2.48. The molecule has 43 heavy (non-hydrogen) atoms. The van der Waals surface area contributed by atoms with Crippen molar-refractivity contribution >= 4 is 41.3 Å². The molecular weight excluding hydrogens is 567 g/mol. The fourth-order valence-corrected chi connectivity index (χ4v) is 4.12. The van der Waals surface area contributed by atoms with E-state index in [0.717, 1.165) is 12.7 Å². The van der Waals surface area contributed by atoms with Crippen LogP contribution in [0.1, 0.15) is 58.4 Å². The number of halogens is 1. The van der Waals surface area contributed by atoms with Crippen LogP contribution in [0.3, 0.4) is 0 Å². The minimum absolute atomic E-state index is 0.0141. The van der Waals surface area contributed by atoms with Gasteiger partial charge in [-0.15, -0.1) is 0 Å². The molecule has 12 nitrogen and oxygen atoms in total. The van der Waals surface area contributed by atoms with Gasteiger partial charge in [-0.3, -0.25) is 28.8 Å². The van der Waals surface area contributed by atoms with Crippen molar-refractivity contribution < 1.29 is 52.2 Å². The summed E-state index contributed by atoms with van der Waals surface area (Å²) in [6.07, 6.45) is -2.53. The van der Waals surface area contributed by atoms with Crippen LogP contribution >= 0.6 is 0 Å². The van der Waals surface area contributed by atoms with Crippen molar-refractivity contribution in [1.29, 1.82) is 0 Å². The molecule has 0 saturated heterocycles. The first-order chi connectivity index (χ1) is 20.3. The maximum absolute atomic E-state index is 13.3. The monoisotopic (exact) mass is 608 g/mol. The summed E-state index contributed by atoms with van der Waals surface area (Å²) in [5.41, 5.74) is 0.746. The Bertz CT molecular complexity index is 1130. The van der Waals surface area contributed by atoms with Gasteiger partial charge in [0.15, 0.2) is 17.3 Å². The number of carbonyl (C=O) groups excluding carboxylic acids is 7. The Morgan fingerprint density at radius 2 is 1.37 bits per heavy atom. The standard InChI is InChI=1S/C30H41FN2O10/c1-18(2)28(24(35)14-22(25(36)16-31)15-27(38)42-5)33-29(39)21(11-12-26(37)41-4)13-23(34)19(3)32-30(40)43-17-20-9-7-6-8-10-20/h6-10,18-19,21-22,28H,11-17H2,1-5H3,(H,32,40)(H,33,39)/t19-,21?,22?,28-/m0/s1. The zero-order chi connectivity index (χ0) is 32.5. The minimum Gasteiger partial charge on any atom is -0.469 e. The SMILES string of the molecule is COC(=O)CCC(CC(=O)[C@H](C)NC(=O)OCc1ccccc1)C(=O)N[C@H](C(=O)CC(CC(=O)OC)C(=O)CF)C(C)C. The van der Waals surface area contributed by atoms with Crippen molar-refractivity contribution in [2.75, 3.05) is 20.9 Å². The number of benzene rings is 1. The van der Waals surface area contributed by atoms with Gasteiger partial charge in [0.2, 0.25) is 5.91 Å². The molecule has 0 aliphatic carbocycles. The zero-order valence-electron chi connectivity index (χ0n) is 25.2. The average molecular weight is 609 g/mol. The molecule has 4 atom stereocenters. The van der Waals surface area contributed by atoms with E-state index in [1.165, 1.54) is 14.0 Å². The molecule has 1 rings (SSSR count). The first-order valence-electron chi connectivity index (χ1n) is 13.9. The Balaban J connectivity index is 2.96. The maximum Gasteiger partial charge on any atom is 0.408 e. The lowest BCUT2D eigenvalue weighted by Gasteiger charge is -2.26. The molecule has 238 valence electrons. The molecule has 0 aliphatic heterocycles. The molecule has 0 heterocycles. The molecule has 2 N–H and O–H groups in total. The highest BCUT2D eigenvalue weighted by Crippen LogP contribution is 2.19. The van der Waals surface area contributed by atoms with Crippen molar-refractivity contribution in [2.24, 2.45) is 17.8 Å². The summed E-state index contributed by atoms with van der Waals surface area (Å²) in [5.74, 6) is -7.05. The number of nitrogens with one attached hydrogen (secondary N) is 2. The quantitative estimate of drug-likeness (QED) is 0.176. The number of hydrogen-bond donors (Lipinski definition) is 2. The second kappa shape index (κ2) is 19.1.